The van der Waals surface area contributed by atoms with Crippen molar-refractivity contribution in [3.8, 4) is 5.75 Å². The lowest BCUT2D eigenvalue weighted by Gasteiger charge is -2.39. The number of rotatable bonds is 4. The van der Waals surface area contributed by atoms with E-state index >= 15 is 8.78 Å². The van der Waals surface area contributed by atoms with E-state index in [1.165, 1.54) is 32.1 Å². The standard InChI is InChI=1S/C23H28F3OP/c1-27-15-12-13-18-19(14-15)21(25)23(22(26)20(18)24)28(16-8-4-2-5-9-16)17-10-6-3-7-11-17/h12-14,16-17H,2-11H2,1H3. The maximum Gasteiger partial charge on any atom is 0.170 e. The first-order valence-corrected chi connectivity index (χ1v) is 12.0. The summed E-state index contributed by atoms with van der Waals surface area (Å²) >= 11 is 0. The van der Waals surface area contributed by atoms with E-state index in [9.17, 15) is 4.39 Å². The molecule has 0 amide bonds. The smallest absolute Gasteiger partial charge is 0.170 e. The van der Waals surface area contributed by atoms with Crippen molar-refractivity contribution in [2.45, 2.75) is 75.5 Å². The van der Waals surface area contributed by atoms with Gasteiger partial charge in [-0.15, -0.1) is 0 Å². The predicted octanol–water partition coefficient (Wildman–Crippen LogP) is 7.04. The summed E-state index contributed by atoms with van der Waals surface area (Å²) in [6, 6.07) is 4.48. The van der Waals surface area contributed by atoms with Gasteiger partial charge in [0, 0.05) is 10.8 Å². The predicted molar refractivity (Wildman–Crippen MR) is 111 cm³/mol. The molecular formula is C23H28F3OP. The SMILES string of the molecule is COc1ccc2c(F)c(F)c(P(C3CCCCC3)C3CCCCC3)c(F)c2c1. The highest BCUT2D eigenvalue weighted by atomic mass is 31.1. The molecule has 1 nitrogen and oxygen atoms in total. The molecule has 2 aliphatic carbocycles. The van der Waals surface area contributed by atoms with Crippen LogP contribution in [0.1, 0.15) is 64.2 Å². The van der Waals surface area contributed by atoms with Gasteiger partial charge in [-0.2, -0.15) is 0 Å². The van der Waals surface area contributed by atoms with Gasteiger partial charge in [0.1, 0.15) is 11.6 Å². The summed E-state index contributed by atoms with van der Waals surface area (Å²) in [6.45, 7) is 0. The highest BCUT2D eigenvalue weighted by molar-refractivity contribution is 7.67. The second-order valence-corrected chi connectivity index (χ2v) is 10.9. The van der Waals surface area contributed by atoms with E-state index in [2.05, 4.69) is 0 Å². The summed E-state index contributed by atoms with van der Waals surface area (Å²) in [4.78, 5) is 0. The van der Waals surface area contributed by atoms with Crippen LogP contribution in [0, 0.1) is 17.5 Å². The Morgan fingerprint density at radius 2 is 1.32 bits per heavy atom. The van der Waals surface area contributed by atoms with Gasteiger partial charge in [-0.3, -0.25) is 0 Å². The van der Waals surface area contributed by atoms with Gasteiger partial charge in [-0.1, -0.05) is 46.4 Å². The van der Waals surface area contributed by atoms with Crippen molar-refractivity contribution < 1.29 is 17.9 Å². The maximum absolute atomic E-state index is 15.7. The van der Waals surface area contributed by atoms with E-state index in [1.807, 2.05) is 0 Å². The van der Waals surface area contributed by atoms with E-state index in [1.54, 1.807) is 6.07 Å². The first kappa shape index (κ1) is 20.0. The number of methoxy groups -OCH3 is 1. The lowest BCUT2D eigenvalue weighted by molar-refractivity contribution is 0.415. The molecule has 2 aliphatic rings. The van der Waals surface area contributed by atoms with Crippen molar-refractivity contribution in [1.82, 2.24) is 0 Å². The van der Waals surface area contributed by atoms with Crippen LogP contribution in [0.3, 0.4) is 0 Å². The fraction of sp³-hybridized carbons (Fsp3) is 0.565. The molecule has 0 aliphatic heterocycles. The Kier molecular flexibility index (Phi) is 6.16. The van der Waals surface area contributed by atoms with Crippen LogP contribution in [0.15, 0.2) is 18.2 Å². The van der Waals surface area contributed by atoms with Crippen LogP contribution >= 0.6 is 7.92 Å². The van der Waals surface area contributed by atoms with Crippen molar-refractivity contribution in [2.75, 3.05) is 7.11 Å². The van der Waals surface area contributed by atoms with Crippen molar-refractivity contribution in [2.24, 2.45) is 0 Å². The van der Waals surface area contributed by atoms with Crippen LogP contribution in [-0.4, -0.2) is 18.4 Å². The summed E-state index contributed by atoms with van der Waals surface area (Å²) in [7, 11) is 0.429. The molecule has 2 aromatic carbocycles. The third-order valence-corrected chi connectivity index (χ3v) is 10.0. The molecule has 0 bridgehead atoms. The Morgan fingerprint density at radius 3 is 1.86 bits per heavy atom. The second-order valence-electron chi connectivity index (χ2n) is 8.19. The van der Waals surface area contributed by atoms with Gasteiger partial charge in [-0.05, 0) is 55.2 Å². The quantitative estimate of drug-likeness (QED) is 0.389. The first-order valence-electron chi connectivity index (χ1n) is 10.5. The highest BCUT2D eigenvalue weighted by Crippen LogP contribution is 2.56. The molecule has 5 heteroatoms. The molecule has 4 rings (SSSR count). The van der Waals surface area contributed by atoms with Crippen LogP contribution in [0.25, 0.3) is 10.8 Å². The number of ether oxygens (including phenoxy) is 1. The molecule has 0 atom stereocenters. The molecule has 152 valence electrons. The third kappa shape index (κ3) is 3.65. The van der Waals surface area contributed by atoms with Crippen molar-refractivity contribution in [3.63, 3.8) is 0 Å². The molecule has 0 spiro atoms. The van der Waals surface area contributed by atoms with Crippen LogP contribution in [-0.2, 0) is 0 Å². The van der Waals surface area contributed by atoms with Gasteiger partial charge in [0.15, 0.2) is 11.6 Å². The molecule has 0 N–H and O–H groups in total. The van der Waals surface area contributed by atoms with Crippen molar-refractivity contribution >= 4 is 24.0 Å². The Hall–Kier alpha value is -1.28. The minimum absolute atomic E-state index is 0.00166. The lowest BCUT2D eigenvalue weighted by atomic mass is 9.99. The van der Waals surface area contributed by atoms with Gasteiger partial charge in [-0.25, -0.2) is 13.2 Å². The average molecular weight is 408 g/mol. The Morgan fingerprint density at radius 1 is 0.750 bits per heavy atom. The van der Waals surface area contributed by atoms with Gasteiger partial charge in [0.05, 0.1) is 12.4 Å². The van der Waals surface area contributed by atoms with E-state index in [-0.39, 0.29) is 16.1 Å². The zero-order valence-electron chi connectivity index (χ0n) is 16.4. The first-order chi connectivity index (χ1) is 13.6. The Labute approximate surface area is 166 Å². The van der Waals surface area contributed by atoms with E-state index in [4.69, 9.17) is 4.74 Å². The molecule has 2 fully saturated rings. The second kappa shape index (κ2) is 8.61. The molecule has 0 heterocycles. The normalized spacial score (nSPS) is 19.5. The summed E-state index contributed by atoms with van der Waals surface area (Å²) < 4.78 is 51.2. The van der Waals surface area contributed by atoms with Crippen molar-refractivity contribution in [1.29, 1.82) is 0 Å². The van der Waals surface area contributed by atoms with Gasteiger partial charge in [0.2, 0.25) is 0 Å². The molecule has 0 aromatic heterocycles. The molecule has 0 unspecified atom stereocenters. The molecule has 2 aromatic rings. The van der Waals surface area contributed by atoms with E-state index in [0.717, 1.165) is 51.4 Å². The molecule has 2 saturated carbocycles. The highest BCUT2D eigenvalue weighted by Gasteiger charge is 2.37. The van der Waals surface area contributed by atoms with Crippen LogP contribution in [0.4, 0.5) is 13.2 Å². The zero-order chi connectivity index (χ0) is 19.7. The average Bonchev–Trinajstić information content (AvgIpc) is 2.76. The number of benzene rings is 2. The Bertz CT molecular complexity index is 824. The number of hydrogen-bond acceptors (Lipinski definition) is 1. The maximum atomic E-state index is 15.7. The monoisotopic (exact) mass is 408 g/mol. The minimum atomic E-state index is -1.07. The summed E-state index contributed by atoms with van der Waals surface area (Å²) in [5, 5.41) is 0.209. The molecular weight excluding hydrogens is 380 g/mol. The van der Waals surface area contributed by atoms with Crippen LogP contribution in [0.2, 0.25) is 0 Å². The van der Waals surface area contributed by atoms with Gasteiger partial charge >= 0.3 is 0 Å². The summed E-state index contributed by atoms with van der Waals surface area (Å²) in [5.74, 6) is -1.95. The van der Waals surface area contributed by atoms with Crippen molar-refractivity contribution in [3.05, 3.63) is 35.7 Å². The van der Waals surface area contributed by atoms with E-state index in [0.29, 0.717) is 17.1 Å². The number of hydrogen-bond donors (Lipinski definition) is 0. The summed E-state index contributed by atoms with van der Waals surface area (Å²) in [5.41, 5.74) is 0.608. The Balaban J connectivity index is 1.88. The van der Waals surface area contributed by atoms with Crippen LogP contribution < -0.4 is 10.0 Å². The molecule has 0 radical (unpaired) electrons. The van der Waals surface area contributed by atoms with E-state index < -0.39 is 25.4 Å². The minimum Gasteiger partial charge on any atom is -0.497 e. The lowest BCUT2D eigenvalue weighted by Crippen LogP contribution is -2.30. The fourth-order valence-corrected chi connectivity index (χ4v) is 8.92. The van der Waals surface area contributed by atoms with Crippen LogP contribution in [0.5, 0.6) is 5.75 Å². The summed E-state index contributed by atoms with van der Waals surface area (Å²) in [6.07, 6.45) is 10.9. The largest absolute Gasteiger partial charge is 0.497 e. The molecule has 0 saturated heterocycles. The number of halogens is 3. The fourth-order valence-electron chi connectivity index (χ4n) is 5.08. The molecule has 28 heavy (non-hydrogen) atoms. The van der Waals surface area contributed by atoms with Gasteiger partial charge in [0.25, 0.3) is 0 Å². The zero-order valence-corrected chi connectivity index (χ0v) is 17.3. The number of fused-ring (bicyclic) bond motifs is 1. The third-order valence-electron chi connectivity index (χ3n) is 6.50. The topological polar surface area (TPSA) is 9.23 Å². The van der Waals surface area contributed by atoms with Gasteiger partial charge < -0.3 is 4.74 Å².